The molecule has 1 fully saturated rings. The predicted octanol–water partition coefficient (Wildman–Crippen LogP) is 3.36. The van der Waals surface area contributed by atoms with Crippen LogP contribution in [0, 0.1) is 11.8 Å². The molecule has 0 radical (unpaired) electrons. The van der Waals surface area contributed by atoms with E-state index in [2.05, 4.69) is 10.6 Å². The number of nitrogens with one attached hydrogen (secondary N) is 2. The lowest BCUT2D eigenvalue weighted by atomic mass is 9.81. The average Bonchev–Trinajstić information content (AvgIpc) is 2.61. The van der Waals surface area contributed by atoms with Gasteiger partial charge in [0, 0.05) is 24.1 Å². The first-order chi connectivity index (χ1) is 11.6. The van der Waals surface area contributed by atoms with Crippen LogP contribution in [0.1, 0.15) is 46.0 Å². The molecule has 24 heavy (non-hydrogen) atoms. The molecule has 2 N–H and O–H groups in total. The van der Waals surface area contributed by atoms with Gasteiger partial charge >= 0.3 is 0 Å². The molecular formula is C19H28N2O3. The Labute approximate surface area is 144 Å². The van der Waals surface area contributed by atoms with Gasteiger partial charge in [-0.2, -0.15) is 0 Å². The lowest BCUT2D eigenvalue weighted by molar-refractivity contribution is -0.128. The molecule has 0 aliphatic heterocycles. The molecule has 0 unspecified atom stereocenters. The molecule has 1 aliphatic rings. The second-order valence-corrected chi connectivity index (χ2v) is 6.29. The first kappa shape index (κ1) is 18.3. The highest BCUT2D eigenvalue weighted by Crippen LogP contribution is 2.30. The molecule has 0 saturated heterocycles. The van der Waals surface area contributed by atoms with E-state index in [-0.39, 0.29) is 23.7 Å². The Morgan fingerprint density at radius 1 is 1.00 bits per heavy atom. The topological polar surface area (TPSA) is 67.4 Å². The van der Waals surface area contributed by atoms with Gasteiger partial charge in [0.05, 0.1) is 6.61 Å². The zero-order valence-corrected chi connectivity index (χ0v) is 14.6. The summed E-state index contributed by atoms with van der Waals surface area (Å²) in [5.74, 6) is 1.04. The second-order valence-electron chi connectivity index (χ2n) is 6.29. The maximum Gasteiger partial charge on any atom is 0.227 e. The van der Waals surface area contributed by atoms with Gasteiger partial charge in [-0.25, -0.2) is 0 Å². The van der Waals surface area contributed by atoms with Crippen molar-refractivity contribution in [2.75, 3.05) is 18.5 Å². The van der Waals surface area contributed by atoms with Gasteiger partial charge in [-0.3, -0.25) is 9.59 Å². The fraction of sp³-hybridized carbons (Fsp3) is 0.579. The summed E-state index contributed by atoms with van der Waals surface area (Å²) in [6.07, 6.45) is 4.07. The van der Waals surface area contributed by atoms with Gasteiger partial charge in [0.15, 0.2) is 0 Å². The van der Waals surface area contributed by atoms with Crippen molar-refractivity contribution in [3.8, 4) is 5.75 Å². The molecule has 0 atom stereocenters. The van der Waals surface area contributed by atoms with Gasteiger partial charge in [0.2, 0.25) is 11.8 Å². The molecule has 1 aromatic carbocycles. The summed E-state index contributed by atoms with van der Waals surface area (Å²) >= 11 is 0. The Morgan fingerprint density at radius 2 is 1.58 bits per heavy atom. The molecule has 2 amide bonds. The summed E-state index contributed by atoms with van der Waals surface area (Å²) < 4.78 is 5.39. The van der Waals surface area contributed by atoms with Crippen molar-refractivity contribution in [3.05, 3.63) is 24.3 Å². The normalized spacial score (nSPS) is 20.2. The zero-order valence-electron chi connectivity index (χ0n) is 14.6. The van der Waals surface area contributed by atoms with E-state index in [4.69, 9.17) is 4.74 Å². The highest BCUT2D eigenvalue weighted by atomic mass is 16.5. The first-order valence-electron chi connectivity index (χ1n) is 8.95. The molecule has 0 spiro atoms. The Balaban J connectivity index is 1.79. The number of carbonyl (C=O) groups is 2. The van der Waals surface area contributed by atoms with Crippen LogP contribution < -0.4 is 15.4 Å². The fourth-order valence-electron chi connectivity index (χ4n) is 3.06. The first-order valence-corrected chi connectivity index (χ1v) is 8.95. The molecule has 0 bridgehead atoms. The van der Waals surface area contributed by atoms with Gasteiger partial charge in [0.25, 0.3) is 0 Å². The van der Waals surface area contributed by atoms with E-state index in [1.807, 2.05) is 38.1 Å². The molecule has 1 aliphatic carbocycles. The number of benzene rings is 1. The van der Waals surface area contributed by atoms with Crippen molar-refractivity contribution in [1.29, 1.82) is 0 Å². The lowest BCUT2D eigenvalue weighted by Gasteiger charge is -2.27. The monoisotopic (exact) mass is 332 g/mol. The van der Waals surface area contributed by atoms with E-state index in [0.29, 0.717) is 6.61 Å². The van der Waals surface area contributed by atoms with Crippen LogP contribution in [0.25, 0.3) is 0 Å². The summed E-state index contributed by atoms with van der Waals surface area (Å²) in [6.45, 7) is 5.34. The van der Waals surface area contributed by atoms with Crippen LogP contribution >= 0.6 is 0 Å². The highest BCUT2D eigenvalue weighted by Gasteiger charge is 2.29. The highest BCUT2D eigenvalue weighted by molar-refractivity contribution is 5.92. The van der Waals surface area contributed by atoms with Crippen molar-refractivity contribution >= 4 is 17.5 Å². The number of ether oxygens (including phenoxy) is 1. The predicted molar refractivity (Wildman–Crippen MR) is 95.0 cm³/mol. The Morgan fingerprint density at radius 3 is 2.12 bits per heavy atom. The largest absolute Gasteiger partial charge is 0.494 e. The van der Waals surface area contributed by atoms with Crippen LogP contribution in [0.5, 0.6) is 5.75 Å². The van der Waals surface area contributed by atoms with Crippen molar-refractivity contribution in [2.45, 2.75) is 46.0 Å². The third-order valence-corrected chi connectivity index (χ3v) is 4.45. The van der Waals surface area contributed by atoms with E-state index in [1.54, 1.807) is 0 Å². The Kier molecular flexibility index (Phi) is 7.09. The van der Waals surface area contributed by atoms with Crippen molar-refractivity contribution in [1.82, 2.24) is 5.32 Å². The van der Waals surface area contributed by atoms with Gasteiger partial charge in [-0.1, -0.05) is 6.92 Å². The van der Waals surface area contributed by atoms with Gasteiger partial charge < -0.3 is 15.4 Å². The Bertz CT molecular complexity index is 534. The van der Waals surface area contributed by atoms with E-state index >= 15 is 0 Å². The quantitative estimate of drug-likeness (QED) is 0.804. The van der Waals surface area contributed by atoms with E-state index in [1.165, 1.54) is 0 Å². The van der Waals surface area contributed by atoms with Crippen molar-refractivity contribution in [2.24, 2.45) is 11.8 Å². The van der Waals surface area contributed by atoms with E-state index < -0.39 is 0 Å². The van der Waals surface area contributed by atoms with Gasteiger partial charge in [-0.05, 0) is 63.3 Å². The molecule has 1 saturated carbocycles. The smallest absolute Gasteiger partial charge is 0.227 e. The fourth-order valence-corrected chi connectivity index (χ4v) is 3.06. The molecular weight excluding hydrogens is 304 g/mol. The zero-order chi connectivity index (χ0) is 17.4. The number of amides is 2. The van der Waals surface area contributed by atoms with Crippen LogP contribution in [0.15, 0.2) is 24.3 Å². The second kappa shape index (κ2) is 9.30. The van der Waals surface area contributed by atoms with Crippen LogP contribution in [0.2, 0.25) is 0 Å². The van der Waals surface area contributed by atoms with Crippen LogP contribution in [0.4, 0.5) is 5.69 Å². The maximum atomic E-state index is 12.4. The number of hydrogen-bond acceptors (Lipinski definition) is 3. The SMILES string of the molecule is CCCNC(=O)C1CCC(C(=O)Nc2ccc(OCC)cc2)CC1. The van der Waals surface area contributed by atoms with Crippen LogP contribution in [-0.2, 0) is 9.59 Å². The minimum Gasteiger partial charge on any atom is -0.494 e. The average molecular weight is 332 g/mol. The minimum atomic E-state index is -0.00760. The third-order valence-electron chi connectivity index (χ3n) is 4.45. The number of hydrogen-bond donors (Lipinski definition) is 2. The lowest BCUT2D eigenvalue weighted by Crippen LogP contribution is -2.35. The number of anilines is 1. The maximum absolute atomic E-state index is 12.4. The van der Waals surface area contributed by atoms with Crippen molar-refractivity contribution < 1.29 is 14.3 Å². The van der Waals surface area contributed by atoms with E-state index in [0.717, 1.165) is 50.1 Å². The standard InChI is InChI=1S/C19H28N2O3/c1-3-13-20-18(22)14-5-7-15(8-6-14)19(23)21-16-9-11-17(12-10-16)24-4-2/h9-12,14-15H,3-8,13H2,1-2H3,(H,20,22)(H,21,23). The summed E-state index contributed by atoms with van der Waals surface area (Å²) in [7, 11) is 0. The number of rotatable bonds is 7. The van der Waals surface area contributed by atoms with Gasteiger partial charge in [0.1, 0.15) is 5.75 Å². The molecule has 5 nitrogen and oxygen atoms in total. The molecule has 0 heterocycles. The summed E-state index contributed by atoms with van der Waals surface area (Å²) in [5, 5.41) is 5.91. The summed E-state index contributed by atoms with van der Waals surface area (Å²) in [4.78, 5) is 24.4. The molecule has 0 aromatic heterocycles. The number of carbonyl (C=O) groups excluding carboxylic acids is 2. The third kappa shape index (κ3) is 5.25. The van der Waals surface area contributed by atoms with Crippen molar-refractivity contribution in [3.63, 3.8) is 0 Å². The van der Waals surface area contributed by atoms with Crippen LogP contribution in [-0.4, -0.2) is 25.0 Å². The summed E-state index contributed by atoms with van der Waals surface area (Å²) in [6, 6.07) is 7.42. The molecule has 2 rings (SSSR count). The minimum absolute atomic E-state index is 0.00760. The molecule has 1 aromatic rings. The van der Waals surface area contributed by atoms with E-state index in [9.17, 15) is 9.59 Å². The molecule has 132 valence electrons. The Hall–Kier alpha value is -2.04. The molecule has 5 heteroatoms. The van der Waals surface area contributed by atoms with Crippen LogP contribution in [0.3, 0.4) is 0 Å². The van der Waals surface area contributed by atoms with Gasteiger partial charge in [-0.15, -0.1) is 0 Å². The summed E-state index contributed by atoms with van der Waals surface area (Å²) in [5.41, 5.74) is 0.784.